The van der Waals surface area contributed by atoms with Crippen LogP contribution in [0.1, 0.15) is 50.7 Å². The van der Waals surface area contributed by atoms with E-state index in [1.165, 1.54) is 21.9 Å². The summed E-state index contributed by atoms with van der Waals surface area (Å²) in [5.74, 6) is -0.693. The fourth-order valence-electron chi connectivity index (χ4n) is 4.47. The normalized spacial score (nSPS) is 17.7. The lowest BCUT2D eigenvalue weighted by atomic mass is 9.87. The third-order valence-electron chi connectivity index (χ3n) is 6.51. The maximum absolute atomic E-state index is 13.6. The molecule has 0 bridgehead atoms. The molecule has 1 saturated heterocycles. The van der Waals surface area contributed by atoms with E-state index in [-0.39, 0.29) is 47.9 Å². The molecule has 36 heavy (non-hydrogen) atoms. The summed E-state index contributed by atoms with van der Waals surface area (Å²) in [5.41, 5.74) is 1.59. The van der Waals surface area contributed by atoms with Crippen molar-refractivity contribution in [3.63, 3.8) is 0 Å². The summed E-state index contributed by atoms with van der Waals surface area (Å²) in [6.45, 7) is 10.3. The molecule has 0 radical (unpaired) electrons. The molecule has 0 saturated carbocycles. The number of carbonyl (C=O) groups is 2. The Balaban J connectivity index is 1.53. The van der Waals surface area contributed by atoms with E-state index >= 15 is 0 Å². The number of hydrogen-bond acceptors (Lipinski definition) is 7. The Hall–Kier alpha value is -4.02. The second kappa shape index (κ2) is 8.28. The Morgan fingerprint density at radius 3 is 2.47 bits per heavy atom. The van der Waals surface area contributed by atoms with Crippen LogP contribution < -0.4 is 0 Å². The minimum Gasteiger partial charge on any atom is -0.321 e. The van der Waals surface area contributed by atoms with Crippen molar-refractivity contribution in [3.05, 3.63) is 53.6 Å². The smallest absolute Gasteiger partial charge is 0.275 e. The van der Waals surface area contributed by atoms with Crippen molar-refractivity contribution in [2.24, 2.45) is 15.2 Å². The number of amides is 2. The minimum atomic E-state index is -1.13. The second-order valence-corrected chi connectivity index (χ2v) is 10.4. The van der Waals surface area contributed by atoms with E-state index in [1.807, 2.05) is 6.07 Å². The molecule has 3 aromatic rings. The number of nitrogens with zero attached hydrogens (tertiary/aromatic N) is 8. The molecule has 11 heteroatoms. The summed E-state index contributed by atoms with van der Waals surface area (Å²) in [6.07, 6.45) is 1.59. The molecule has 1 fully saturated rings. The molecule has 186 valence electrons. The minimum absolute atomic E-state index is 0.191. The van der Waals surface area contributed by atoms with Crippen LogP contribution in [0.2, 0.25) is 0 Å². The van der Waals surface area contributed by atoms with E-state index in [9.17, 15) is 14.0 Å². The lowest BCUT2D eigenvalue weighted by Crippen LogP contribution is -2.65. The van der Waals surface area contributed by atoms with Gasteiger partial charge >= 0.3 is 0 Å². The number of aromatic nitrogens is 3. The van der Waals surface area contributed by atoms with Gasteiger partial charge in [-0.05, 0) is 49.6 Å². The third-order valence-corrected chi connectivity index (χ3v) is 6.51. The lowest BCUT2D eigenvalue weighted by molar-refractivity contribution is -0.141. The first-order chi connectivity index (χ1) is 17.0. The number of carbonyl (C=O) groups excluding carboxylic acids is 2. The molecule has 0 atom stereocenters. The quantitative estimate of drug-likeness (QED) is 0.546. The fourth-order valence-corrected chi connectivity index (χ4v) is 4.47. The van der Waals surface area contributed by atoms with E-state index in [1.54, 1.807) is 36.7 Å². The molecule has 2 aromatic heterocycles. The number of aliphatic imine (C=N–C) groups is 1. The predicted octanol–water partition coefficient (Wildman–Crippen LogP) is 3.68. The Bertz CT molecular complexity index is 1430. The van der Waals surface area contributed by atoms with Crippen LogP contribution >= 0.6 is 0 Å². The van der Waals surface area contributed by atoms with Crippen molar-refractivity contribution < 1.29 is 14.0 Å². The largest absolute Gasteiger partial charge is 0.321 e. The number of rotatable bonds is 2. The van der Waals surface area contributed by atoms with Gasteiger partial charge in [-0.2, -0.15) is 10.2 Å². The number of guanidine groups is 1. The number of imidazole rings is 1. The summed E-state index contributed by atoms with van der Waals surface area (Å²) in [7, 11) is 0. The first kappa shape index (κ1) is 23.7. The summed E-state index contributed by atoms with van der Waals surface area (Å²) in [4.78, 5) is 38.7. The van der Waals surface area contributed by atoms with Crippen LogP contribution in [0.4, 0.5) is 4.39 Å². The Morgan fingerprint density at radius 1 is 1.11 bits per heavy atom. The average molecular weight is 491 g/mol. The van der Waals surface area contributed by atoms with E-state index in [4.69, 9.17) is 0 Å². The van der Waals surface area contributed by atoms with Gasteiger partial charge in [0.1, 0.15) is 17.1 Å². The van der Waals surface area contributed by atoms with E-state index in [2.05, 4.69) is 46.1 Å². The van der Waals surface area contributed by atoms with Crippen molar-refractivity contribution in [3.8, 4) is 11.3 Å². The van der Waals surface area contributed by atoms with Gasteiger partial charge in [-0.1, -0.05) is 20.8 Å². The van der Waals surface area contributed by atoms with Crippen molar-refractivity contribution in [2.45, 2.75) is 45.6 Å². The number of halogens is 1. The highest BCUT2D eigenvalue weighted by atomic mass is 19.1. The number of piperazine rings is 1. The topological polar surface area (TPSA) is 108 Å². The zero-order chi connectivity index (χ0) is 25.8. The highest BCUT2D eigenvalue weighted by Gasteiger charge is 2.46. The van der Waals surface area contributed by atoms with Crippen LogP contribution in [0.3, 0.4) is 0 Å². The van der Waals surface area contributed by atoms with Crippen molar-refractivity contribution >= 4 is 23.4 Å². The SMILES string of the molecule is CC(C)(C)c1cc(-c2ccc(F)cc2)nn2cc(C(=O)N3CCN(C4=NCN=N4)C(=O)C3(C)C)nc12. The molecule has 0 unspecified atom stereocenters. The van der Waals surface area contributed by atoms with Crippen molar-refractivity contribution in [1.29, 1.82) is 0 Å². The molecule has 5 rings (SSSR count). The summed E-state index contributed by atoms with van der Waals surface area (Å²) in [5, 5.41) is 12.4. The predicted molar refractivity (Wildman–Crippen MR) is 131 cm³/mol. The molecule has 2 aliphatic heterocycles. The van der Waals surface area contributed by atoms with Crippen LogP contribution in [-0.4, -0.2) is 67.5 Å². The van der Waals surface area contributed by atoms with Gasteiger partial charge in [0, 0.05) is 24.2 Å². The molecular weight excluding hydrogens is 463 g/mol. The number of hydrogen-bond donors (Lipinski definition) is 0. The molecular formula is C25H27FN8O2. The standard InChI is InChI=1S/C25H27FN8O2/c1-24(2,3)17-12-18(15-6-8-16(26)9-7-15)31-34-13-19(29-20(17)34)21(35)33-11-10-32(22(36)25(33,4)5)23-27-14-28-30-23/h6-9,12-13H,10-11,14H2,1-5H3. The highest BCUT2D eigenvalue weighted by molar-refractivity contribution is 6.05. The summed E-state index contributed by atoms with van der Waals surface area (Å²) < 4.78 is 15.1. The van der Waals surface area contributed by atoms with Crippen LogP contribution in [-0.2, 0) is 10.2 Å². The number of fused-ring (bicyclic) bond motifs is 1. The van der Waals surface area contributed by atoms with Crippen LogP contribution in [0.25, 0.3) is 16.9 Å². The average Bonchev–Trinajstić information content (AvgIpc) is 3.49. The molecule has 0 spiro atoms. The zero-order valence-corrected chi connectivity index (χ0v) is 20.9. The molecule has 2 amide bonds. The maximum Gasteiger partial charge on any atom is 0.275 e. The van der Waals surface area contributed by atoms with Gasteiger partial charge in [0.2, 0.25) is 5.96 Å². The molecule has 0 N–H and O–H groups in total. The first-order valence-electron chi connectivity index (χ1n) is 11.7. The third kappa shape index (κ3) is 3.94. The lowest BCUT2D eigenvalue weighted by Gasteiger charge is -2.44. The van der Waals surface area contributed by atoms with Crippen LogP contribution in [0, 0.1) is 5.82 Å². The van der Waals surface area contributed by atoms with Gasteiger partial charge in [0.05, 0.1) is 11.9 Å². The Morgan fingerprint density at radius 2 is 1.83 bits per heavy atom. The molecule has 10 nitrogen and oxygen atoms in total. The van der Waals surface area contributed by atoms with Crippen molar-refractivity contribution in [2.75, 3.05) is 19.8 Å². The van der Waals surface area contributed by atoms with Crippen LogP contribution in [0.5, 0.6) is 0 Å². The Kier molecular flexibility index (Phi) is 5.46. The molecule has 2 aliphatic rings. The van der Waals surface area contributed by atoms with Gasteiger partial charge in [-0.15, -0.1) is 5.11 Å². The summed E-state index contributed by atoms with van der Waals surface area (Å²) in [6, 6.07) is 8.03. The van der Waals surface area contributed by atoms with E-state index in [0.717, 1.165) is 11.1 Å². The number of benzene rings is 1. The monoisotopic (exact) mass is 490 g/mol. The van der Waals surface area contributed by atoms with Crippen LogP contribution in [0.15, 0.2) is 51.7 Å². The highest BCUT2D eigenvalue weighted by Crippen LogP contribution is 2.31. The van der Waals surface area contributed by atoms with E-state index in [0.29, 0.717) is 17.9 Å². The van der Waals surface area contributed by atoms with Gasteiger partial charge < -0.3 is 4.90 Å². The molecule has 1 aromatic carbocycles. The van der Waals surface area contributed by atoms with Gasteiger partial charge in [0.15, 0.2) is 12.3 Å². The van der Waals surface area contributed by atoms with Gasteiger partial charge in [0.25, 0.3) is 11.8 Å². The fraction of sp³-hybridized carbons (Fsp3) is 0.400. The van der Waals surface area contributed by atoms with Crippen molar-refractivity contribution in [1.82, 2.24) is 24.4 Å². The van der Waals surface area contributed by atoms with Gasteiger partial charge in [-0.3, -0.25) is 14.5 Å². The van der Waals surface area contributed by atoms with Gasteiger partial charge in [-0.25, -0.2) is 18.9 Å². The Labute approximate surface area is 207 Å². The molecule has 4 heterocycles. The molecule has 0 aliphatic carbocycles. The maximum atomic E-state index is 13.6. The summed E-state index contributed by atoms with van der Waals surface area (Å²) >= 11 is 0. The zero-order valence-electron chi connectivity index (χ0n) is 20.9. The second-order valence-electron chi connectivity index (χ2n) is 10.4. The first-order valence-corrected chi connectivity index (χ1v) is 11.7. The number of azo groups is 1. The van der Waals surface area contributed by atoms with E-state index < -0.39 is 5.54 Å².